The van der Waals surface area contributed by atoms with Gasteiger partial charge in [-0.1, -0.05) is 12.1 Å². The fraction of sp³-hybridized carbons (Fsp3) is 0.125. The van der Waals surface area contributed by atoms with E-state index in [4.69, 9.17) is 9.72 Å². The summed E-state index contributed by atoms with van der Waals surface area (Å²) in [6, 6.07) is 9.95. The summed E-state index contributed by atoms with van der Waals surface area (Å²) in [7, 11) is 1.67. The lowest BCUT2D eigenvalue weighted by atomic mass is 10.1. The molecule has 3 rings (SSSR count). The summed E-state index contributed by atoms with van der Waals surface area (Å²) in [5.41, 5.74) is 4.31. The molecule has 20 heavy (non-hydrogen) atoms. The first-order valence-corrected chi connectivity index (χ1v) is 7.17. The fourth-order valence-electron chi connectivity index (χ4n) is 2.02. The highest BCUT2D eigenvalue weighted by Crippen LogP contribution is 2.31. The molecule has 0 saturated carbocycles. The number of ether oxygens (including phenoxy) is 1. The molecule has 2 heterocycles. The summed E-state index contributed by atoms with van der Waals surface area (Å²) in [6.07, 6.45) is 3.66. The Bertz CT molecular complexity index is 737. The number of rotatable bonds is 3. The van der Waals surface area contributed by atoms with Crippen LogP contribution in [0.5, 0.6) is 5.75 Å². The summed E-state index contributed by atoms with van der Waals surface area (Å²) in [5.74, 6) is 0.844. The smallest absolute Gasteiger partial charge is 0.124 e. The molecule has 0 aliphatic rings. The van der Waals surface area contributed by atoms with Crippen LogP contribution in [-0.4, -0.2) is 17.1 Å². The Morgan fingerprint density at radius 3 is 2.90 bits per heavy atom. The Kier molecular flexibility index (Phi) is 3.48. The molecule has 0 N–H and O–H groups in total. The van der Waals surface area contributed by atoms with E-state index in [0.29, 0.717) is 0 Å². The second-order valence-corrected chi connectivity index (χ2v) is 5.32. The molecule has 1 aromatic carbocycles. The first-order valence-electron chi connectivity index (χ1n) is 6.29. The zero-order valence-electron chi connectivity index (χ0n) is 11.3. The van der Waals surface area contributed by atoms with E-state index in [1.807, 2.05) is 36.5 Å². The van der Waals surface area contributed by atoms with Crippen LogP contribution in [0.25, 0.3) is 21.8 Å². The van der Waals surface area contributed by atoms with Gasteiger partial charge in [-0.05, 0) is 30.7 Å². The highest BCUT2D eigenvalue weighted by atomic mass is 32.1. The molecule has 0 bridgehead atoms. The van der Waals surface area contributed by atoms with Crippen molar-refractivity contribution < 1.29 is 4.74 Å². The number of methoxy groups -OCH3 is 1. The van der Waals surface area contributed by atoms with Crippen molar-refractivity contribution in [3.63, 3.8) is 0 Å². The van der Waals surface area contributed by atoms with Gasteiger partial charge in [-0.25, -0.2) is 4.98 Å². The van der Waals surface area contributed by atoms with Crippen LogP contribution in [-0.2, 0) is 0 Å². The van der Waals surface area contributed by atoms with E-state index in [9.17, 15) is 0 Å². The molecule has 100 valence electrons. The molecule has 2 aromatic heterocycles. The van der Waals surface area contributed by atoms with E-state index >= 15 is 0 Å². The maximum absolute atomic E-state index is 5.25. The van der Waals surface area contributed by atoms with Gasteiger partial charge >= 0.3 is 0 Å². The molecule has 0 saturated heterocycles. The van der Waals surface area contributed by atoms with Crippen LogP contribution >= 0.6 is 11.3 Å². The Hall–Kier alpha value is -2.20. The Morgan fingerprint density at radius 1 is 1.20 bits per heavy atom. The lowest BCUT2D eigenvalue weighted by Gasteiger charge is -2.02. The number of nitrogens with zero attached hydrogens (tertiary/aromatic N) is 2. The minimum Gasteiger partial charge on any atom is -0.497 e. The van der Waals surface area contributed by atoms with Crippen molar-refractivity contribution in [3.8, 4) is 27.6 Å². The van der Waals surface area contributed by atoms with Gasteiger partial charge in [0.15, 0.2) is 0 Å². The summed E-state index contributed by atoms with van der Waals surface area (Å²) < 4.78 is 5.25. The van der Waals surface area contributed by atoms with Crippen LogP contribution < -0.4 is 4.74 Å². The highest BCUT2D eigenvalue weighted by Gasteiger charge is 2.09. The van der Waals surface area contributed by atoms with E-state index in [1.165, 1.54) is 5.56 Å². The third-order valence-corrected chi connectivity index (χ3v) is 4.03. The first-order chi connectivity index (χ1) is 9.78. The number of benzene rings is 1. The molecular formula is C16H14N2OS. The van der Waals surface area contributed by atoms with E-state index in [-0.39, 0.29) is 0 Å². The molecule has 0 aliphatic heterocycles. The van der Waals surface area contributed by atoms with Gasteiger partial charge in [0.05, 0.1) is 12.8 Å². The summed E-state index contributed by atoms with van der Waals surface area (Å²) in [6.45, 7) is 2.07. The Balaban J connectivity index is 2.00. The largest absolute Gasteiger partial charge is 0.497 e. The molecule has 0 radical (unpaired) electrons. The minimum absolute atomic E-state index is 0.844. The molecule has 0 fully saturated rings. The van der Waals surface area contributed by atoms with Crippen LogP contribution in [0.1, 0.15) is 5.56 Å². The van der Waals surface area contributed by atoms with Gasteiger partial charge in [0.25, 0.3) is 0 Å². The van der Waals surface area contributed by atoms with Gasteiger partial charge in [0.1, 0.15) is 10.8 Å². The standard InChI is InChI=1S/C16H14N2OS/c1-11-6-7-17-9-14(11)15-10-20-16(18-15)12-4-3-5-13(8-12)19-2/h3-10H,1-2H3. The lowest BCUT2D eigenvalue weighted by Crippen LogP contribution is -1.86. The number of aromatic nitrogens is 2. The Labute approximate surface area is 121 Å². The molecule has 4 heteroatoms. The molecule has 3 nitrogen and oxygen atoms in total. The average molecular weight is 282 g/mol. The summed E-state index contributed by atoms with van der Waals surface area (Å²) in [4.78, 5) is 8.89. The molecule has 0 unspecified atom stereocenters. The number of hydrogen-bond donors (Lipinski definition) is 0. The summed E-state index contributed by atoms with van der Waals surface area (Å²) >= 11 is 1.63. The average Bonchev–Trinajstić information content (AvgIpc) is 2.97. The SMILES string of the molecule is COc1cccc(-c2nc(-c3cnccc3C)cs2)c1. The number of thiazole rings is 1. The monoisotopic (exact) mass is 282 g/mol. The van der Waals surface area contributed by atoms with Crippen molar-refractivity contribution in [3.05, 3.63) is 53.7 Å². The van der Waals surface area contributed by atoms with Crippen LogP contribution in [0.3, 0.4) is 0 Å². The normalized spacial score (nSPS) is 10.5. The molecule has 3 aromatic rings. The van der Waals surface area contributed by atoms with Crippen LogP contribution in [0.15, 0.2) is 48.1 Å². The van der Waals surface area contributed by atoms with Crippen LogP contribution in [0, 0.1) is 6.92 Å². The first kappa shape index (κ1) is 12.8. The maximum atomic E-state index is 5.25. The van der Waals surface area contributed by atoms with Crippen LogP contribution in [0.4, 0.5) is 0 Å². The number of aryl methyl sites for hydroxylation is 1. The van der Waals surface area contributed by atoms with Crippen molar-refractivity contribution in [2.75, 3.05) is 7.11 Å². The third kappa shape index (κ3) is 2.42. The van der Waals surface area contributed by atoms with Crippen molar-refractivity contribution in [1.82, 2.24) is 9.97 Å². The zero-order valence-corrected chi connectivity index (χ0v) is 12.1. The van der Waals surface area contributed by atoms with Gasteiger partial charge in [-0.3, -0.25) is 4.98 Å². The topological polar surface area (TPSA) is 35.0 Å². The predicted octanol–water partition coefficient (Wildman–Crippen LogP) is 4.19. The minimum atomic E-state index is 0.844. The van der Waals surface area contributed by atoms with Crippen molar-refractivity contribution in [2.24, 2.45) is 0 Å². The van der Waals surface area contributed by atoms with Gasteiger partial charge in [0.2, 0.25) is 0 Å². The third-order valence-electron chi connectivity index (χ3n) is 3.14. The maximum Gasteiger partial charge on any atom is 0.124 e. The number of hydrogen-bond acceptors (Lipinski definition) is 4. The second-order valence-electron chi connectivity index (χ2n) is 4.46. The van der Waals surface area contributed by atoms with Crippen molar-refractivity contribution in [2.45, 2.75) is 6.92 Å². The molecule has 0 atom stereocenters. The molecule has 0 aliphatic carbocycles. The highest BCUT2D eigenvalue weighted by molar-refractivity contribution is 7.13. The van der Waals surface area contributed by atoms with Crippen molar-refractivity contribution >= 4 is 11.3 Å². The number of pyridine rings is 1. The predicted molar refractivity (Wildman–Crippen MR) is 82.1 cm³/mol. The fourth-order valence-corrected chi connectivity index (χ4v) is 2.84. The van der Waals surface area contributed by atoms with Crippen LogP contribution in [0.2, 0.25) is 0 Å². The van der Waals surface area contributed by atoms with Crippen molar-refractivity contribution in [1.29, 1.82) is 0 Å². The molecule has 0 spiro atoms. The van der Waals surface area contributed by atoms with Gasteiger partial charge in [-0.15, -0.1) is 11.3 Å². The zero-order chi connectivity index (χ0) is 13.9. The summed E-state index contributed by atoms with van der Waals surface area (Å²) in [5, 5.41) is 3.06. The molecule has 0 amide bonds. The Morgan fingerprint density at radius 2 is 2.10 bits per heavy atom. The lowest BCUT2D eigenvalue weighted by molar-refractivity contribution is 0.415. The van der Waals surface area contributed by atoms with E-state index in [1.54, 1.807) is 24.6 Å². The van der Waals surface area contributed by atoms with Gasteiger partial charge in [0, 0.05) is 28.9 Å². The van der Waals surface area contributed by atoms with E-state index in [2.05, 4.69) is 17.3 Å². The van der Waals surface area contributed by atoms with E-state index in [0.717, 1.165) is 27.6 Å². The second kappa shape index (κ2) is 5.43. The van der Waals surface area contributed by atoms with Gasteiger partial charge < -0.3 is 4.74 Å². The molecular weight excluding hydrogens is 268 g/mol. The van der Waals surface area contributed by atoms with Gasteiger partial charge in [-0.2, -0.15) is 0 Å². The van der Waals surface area contributed by atoms with E-state index < -0.39 is 0 Å². The quantitative estimate of drug-likeness (QED) is 0.722.